The summed E-state index contributed by atoms with van der Waals surface area (Å²) in [5, 5.41) is 0. The number of hydrogen-bond donors (Lipinski definition) is 1. The molecule has 0 aromatic heterocycles. The Morgan fingerprint density at radius 3 is 2.47 bits per heavy atom. The Balaban J connectivity index is 1.62. The van der Waals surface area contributed by atoms with Gasteiger partial charge >= 0.3 is 0 Å². The van der Waals surface area contributed by atoms with Crippen LogP contribution in [0.25, 0.3) is 0 Å². The Hall–Kier alpha value is -2.16. The maximum atomic E-state index is 5.98. The van der Waals surface area contributed by atoms with Crippen LogP contribution in [-0.2, 0) is 0 Å². The molecule has 3 heteroatoms. The fourth-order valence-electron chi connectivity index (χ4n) is 2.44. The number of anilines is 2. The number of rotatable bonds is 3. The lowest BCUT2D eigenvalue weighted by Crippen LogP contribution is -2.24. The SMILES string of the molecule is Nc1ccc(OC2CCN(c3ccccc3)C2)cc1. The second-order valence-electron chi connectivity index (χ2n) is 4.88. The first-order valence-electron chi connectivity index (χ1n) is 6.63. The molecule has 3 rings (SSSR count). The summed E-state index contributed by atoms with van der Waals surface area (Å²) in [7, 11) is 0. The first-order chi connectivity index (χ1) is 9.31. The third-order valence-corrected chi connectivity index (χ3v) is 3.45. The molecule has 0 spiro atoms. The van der Waals surface area contributed by atoms with E-state index in [0.717, 1.165) is 30.9 Å². The standard InChI is InChI=1S/C16H18N2O/c17-13-6-8-15(9-7-13)19-16-10-11-18(12-16)14-4-2-1-3-5-14/h1-9,16H,10-12,17H2. The Morgan fingerprint density at radius 1 is 1.00 bits per heavy atom. The quantitative estimate of drug-likeness (QED) is 0.856. The van der Waals surface area contributed by atoms with E-state index in [1.807, 2.05) is 30.3 Å². The van der Waals surface area contributed by atoms with Gasteiger partial charge in [0.15, 0.2) is 0 Å². The molecule has 19 heavy (non-hydrogen) atoms. The summed E-state index contributed by atoms with van der Waals surface area (Å²) in [4.78, 5) is 2.36. The van der Waals surface area contributed by atoms with Crippen LogP contribution in [0, 0.1) is 0 Å². The Labute approximate surface area is 113 Å². The van der Waals surface area contributed by atoms with E-state index in [1.165, 1.54) is 5.69 Å². The van der Waals surface area contributed by atoms with Crippen molar-refractivity contribution in [1.82, 2.24) is 0 Å². The molecule has 2 aromatic rings. The van der Waals surface area contributed by atoms with E-state index in [-0.39, 0.29) is 6.10 Å². The van der Waals surface area contributed by atoms with Gasteiger partial charge in [-0.05, 0) is 36.4 Å². The van der Waals surface area contributed by atoms with Crippen molar-refractivity contribution in [1.29, 1.82) is 0 Å². The van der Waals surface area contributed by atoms with Crippen molar-refractivity contribution in [3.05, 3.63) is 54.6 Å². The maximum absolute atomic E-state index is 5.98. The molecule has 1 atom stereocenters. The normalized spacial score (nSPS) is 18.5. The molecule has 0 bridgehead atoms. The topological polar surface area (TPSA) is 38.5 Å². The van der Waals surface area contributed by atoms with Gasteiger partial charge in [-0.15, -0.1) is 0 Å². The molecular formula is C16H18N2O. The van der Waals surface area contributed by atoms with Crippen LogP contribution in [0.4, 0.5) is 11.4 Å². The highest BCUT2D eigenvalue weighted by Crippen LogP contribution is 2.23. The molecule has 0 saturated carbocycles. The number of benzene rings is 2. The van der Waals surface area contributed by atoms with Gasteiger partial charge in [0.25, 0.3) is 0 Å². The number of ether oxygens (including phenoxy) is 1. The van der Waals surface area contributed by atoms with Gasteiger partial charge in [0.05, 0.1) is 6.54 Å². The van der Waals surface area contributed by atoms with E-state index in [9.17, 15) is 0 Å². The van der Waals surface area contributed by atoms with Crippen LogP contribution < -0.4 is 15.4 Å². The molecule has 1 aliphatic rings. The van der Waals surface area contributed by atoms with Crippen LogP contribution in [-0.4, -0.2) is 19.2 Å². The summed E-state index contributed by atoms with van der Waals surface area (Å²) >= 11 is 0. The van der Waals surface area contributed by atoms with Gasteiger partial charge in [-0.3, -0.25) is 0 Å². The van der Waals surface area contributed by atoms with Gasteiger partial charge < -0.3 is 15.4 Å². The molecule has 3 nitrogen and oxygen atoms in total. The van der Waals surface area contributed by atoms with Gasteiger partial charge in [-0.25, -0.2) is 0 Å². The van der Waals surface area contributed by atoms with E-state index >= 15 is 0 Å². The van der Waals surface area contributed by atoms with Gasteiger partial charge in [0.2, 0.25) is 0 Å². The van der Waals surface area contributed by atoms with E-state index in [1.54, 1.807) is 0 Å². The van der Waals surface area contributed by atoms with Gasteiger partial charge in [0, 0.05) is 24.3 Å². The summed E-state index contributed by atoms with van der Waals surface area (Å²) in [5.74, 6) is 0.897. The van der Waals surface area contributed by atoms with Crippen molar-refractivity contribution in [2.75, 3.05) is 23.7 Å². The number of para-hydroxylation sites is 1. The minimum absolute atomic E-state index is 0.254. The van der Waals surface area contributed by atoms with Crippen LogP contribution in [0.1, 0.15) is 6.42 Å². The number of nitrogens with two attached hydrogens (primary N) is 1. The number of hydrogen-bond acceptors (Lipinski definition) is 3. The van der Waals surface area contributed by atoms with Crippen molar-refractivity contribution in [3.8, 4) is 5.75 Å². The van der Waals surface area contributed by atoms with Crippen molar-refractivity contribution >= 4 is 11.4 Å². The fraction of sp³-hybridized carbons (Fsp3) is 0.250. The van der Waals surface area contributed by atoms with Crippen LogP contribution >= 0.6 is 0 Å². The summed E-state index contributed by atoms with van der Waals surface area (Å²) in [6.07, 6.45) is 1.31. The molecule has 0 radical (unpaired) electrons. The zero-order valence-corrected chi connectivity index (χ0v) is 10.8. The Kier molecular flexibility index (Phi) is 3.27. The molecule has 1 unspecified atom stereocenters. The fourth-order valence-corrected chi connectivity index (χ4v) is 2.44. The highest BCUT2D eigenvalue weighted by Gasteiger charge is 2.23. The minimum atomic E-state index is 0.254. The smallest absolute Gasteiger partial charge is 0.119 e. The Bertz CT molecular complexity index is 524. The van der Waals surface area contributed by atoms with Crippen LogP contribution in [0.15, 0.2) is 54.6 Å². The minimum Gasteiger partial charge on any atom is -0.489 e. The summed E-state index contributed by atoms with van der Waals surface area (Å²) in [6, 6.07) is 18.1. The lowest BCUT2D eigenvalue weighted by molar-refractivity contribution is 0.225. The van der Waals surface area contributed by atoms with Gasteiger partial charge in [-0.1, -0.05) is 18.2 Å². The molecule has 1 fully saturated rings. The monoisotopic (exact) mass is 254 g/mol. The summed E-state index contributed by atoms with van der Waals surface area (Å²) in [5.41, 5.74) is 7.71. The lowest BCUT2D eigenvalue weighted by Gasteiger charge is -2.19. The third-order valence-electron chi connectivity index (χ3n) is 3.45. The van der Waals surface area contributed by atoms with Crippen LogP contribution in [0.2, 0.25) is 0 Å². The second kappa shape index (κ2) is 5.22. The molecule has 1 heterocycles. The second-order valence-corrected chi connectivity index (χ2v) is 4.88. The number of nitrogen functional groups attached to an aromatic ring is 1. The van der Waals surface area contributed by atoms with Crippen molar-refractivity contribution in [3.63, 3.8) is 0 Å². The average molecular weight is 254 g/mol. The largest absolute Gasteiger partial charge is 0.489 e. The first kappa shape index (κ1) is 11.9. The molecule has 2 aromatic carbocycles. The number of nitrogens with zero attached hydrogens (tertiary/aromatic N) is 1. The predicted octanol–water partition coefficient (Wildman–Crippen LogP) is 2.93. The van der Waals surface area contributed by atoms with E-state index in [4.69, 9.17) is 10.5 Å². The molecule has 0 aliphatic carbocycles. The van der Waals surface area contributed by atoms with Crippen LogP contribution in [0.5, 0.6) is 5.75 Å². The zero-order valence-electron chi connectivity index (χ0n) is 10.8. The highest BCUT2D eigenvalue weighted by atomic mass is 16.5. The first-order valence-corrected chi connectivity index (χ1v) is 6.63. The average Bonchev–Trinajstić information content (AvgIpc) is 2.91. The molecule has 2 N–H and O–H groups in total. The van der Waals surface area contributed by atoms with Gasteiger partial charge in [-0.2, -0.15) is 0 Å². The van der Waals surface area contributed by atoms with Crippen molar-refractivity contribution < 1.29 is 4.74 Å². The molecule has 1 saturated heterocycles. The van der Waals surface area contributed by atoms with E-state index < -0.39 is 0 Å². The predicted molar refractivity (Wildman–Crippen MR) is 78.5 cm³/mol. The highest BCUT2D eigenvalue weighted by molar-refractivity contribution is 5.47. The molecular weight excluding hydrogens is 236 g/mol. The maximum Gasteiger partial charge on any atom is 0.119 e. The molecule has 0 amide bonds. The molecule has 98 valence electrons. The van der Waals surface area contributed by atoms with Crippen molar-refractivity contribution in [2.45, 2.75) is 12.5 Å². The van der Waals surface area contributed by atoms with E-state index in [0.29, 0.717) is 0 Å². The van der Waals surface area contributed by atoms with Crippen molar-refractivity contribution in [2.24, 2.45) is 0 Å². The zero-order chi connectivity index (χ0) is 13.1. The Morgan fingerprint density at radius 2 is 1.74 bits per heavy atom. The lowest BCUT2D eigenvalue weighted by atomic mass is 10.3. The van der Waals surface area contributed by atoms with Gasteiger partial charge in [0.1, 0.15) is 11.9 Å². The third kappa shape index (κ3) is 2.81. The summed E-state index contributed by atoms with van der Waals surface area (Å²) < 4.78 is 5.98. The van der Waals surface area contributed by atoms with E-state index in [2.05, 4.69) is 29.2 Å². The molecule has 1 aliphatic heterocycles. The summed E-state index contributed by atoms with van der Waals surface area (Å²) in [6.45, 7) is 1.98. The van der Waals surface area contributed by atoms with Crippen LogP contribution in [0.3, 0.4) is 0 Å².